The van der Waals surface area contributed by atoms with Crippen LogP contribution in [0.3, 0.4) is 0 Å². The van der Waals surface area contributed by atoms with Gasteiger partial charge in [0, 0.05) is 0 Å². The van der Waals surface area contributed by atoms with Crippen molar-refractivity contribution in [2.45, 2.75) is 24.6 Å². The smallest absolute Gasteiger partial charge is 0.426 e. The van der Waals surface area contributed by atoms with Gasteiger partial charge in [-0.2, -0.15) is 39.5 Å². The lowest BCUT2D eigenvalue weighted by molar-refractivity contribution is -0.306. The molecule has 0 aliphatic rings. The molecule has 15 heteroatoms. The monoisotopic (exact) mass is 396 g/mol. The largest absolute Gasteiger partial charge is 0.436 e. The zero-order valence-electron chi connectivity index (χ0n) is 10.0. The van der Waals surface area contributed by atoms with Gasteiger partial charge in [0.15, 0.2) is 10.2 Å². The second kappa shape index (κ2) is 6.22. The fourth-order valence-corrected chi connectivity index (χ4v) is 2.13. The molecule has 0 spiro atoms. The van der Waals surface area contributed by atoms with E-state index in [1.54, 1.807) is 0 Å². The Kier molecular flexibility index (Phi) is 5.30. The second-order valence-electron chi connectivity index (χ2n) is 3.64. The van der Waals surface area contributed by atoms with Gasteiger partial charge in [-0.15, -0.1) is 0 Å². The van der Waals surface area contributed by atoms with E-state index in [0.717, 1.165) is 5.32 Å². The van der Waals surface area contributed by atoms with Crippen molar-refractivity contribution in [2.24, 2.45) is 0 Å². The van der Waals surface area contributed by atoms with Gasteiger partial charge in [0.2, 0.25) is 0 Å². The van der Waals surface area contributed by atoms with Crippen LogP contribution in [-0.2, 0) is 10.9 Å². The minimum atomic E-state index is -6.01. The lowest BCUT2D eigenvalue weighted by Gasteiger charge is -2.22. The predicted molar refractivity (Wildman–Crippen MR) is 58.1 cm³/mol. The van der Waals surface area contributed by atoms with Crippen molar-refractivity contribution in [3.8, 4) is 0 Å². The van der Waals surface area contributed by atoms with Crippen molar-refractivity contribution in [3.05, 3.63) is 10.2 Å². The van der Waals surface area contributed by atoms with Crippen LogP contribution in [-0.4, -0.2) is 29.5 Å². The topological polar surface area (TPSA) is 51.2 Å². The first kappa shape index (κ1) is 19.6. The Bertz CT molecular complexity index is 566. The van der Waals surface area contributed by atoms with Gasteiger partial charge < -0.3 is 4.74 Å². The molecule has 1 aromatic rings. The molecule has 0 radical (unpaired) electrons. The van der Waals surface area contributed by atoms with Gasteiger partial charge in [-0.3, -0.25) is 5.32 Å². The lowest BCUT2D eigenvalue weighted by atomic mass is 10.3. The summed E-state index contributed by atoms with van der Waals surface area (Å²) in [4.78, 5) is 13.8. The maximum atomic E-state index is 12.5. The number of rotatable bonds is 2. The van der Waals surface area contributed by atoms with Crippen molar-refractivity contribution in [2.75, 3.05) is 5.32 Å². The van der Waals surface area contributed by atoms with Crippen molar-refractivity contribution in [3.63, 3.8) is 0 Å². The summed E-state index contributed by atoms with van der Waals surface area (Å²) in [6.45, 7) is 0. The number of nitrogens with one attached hydrogen (secondary N) is 1. The number of carbonyl (C=O) groups is 1. The summed E-state index contributed by atoms with van der Waals surface area (Å²) in [6.07, 6.45) is -24.1. The first-order chi connectivity index (χ1) is 10.1. The minimum absolute atomic E-state index is 0.0285. The molecule has 132 valence electrons. The molecule has 1 rings (SSSR count). The molecule has 1 heterocycles. The van der Waals surface area contributed by atoms with Crippen LogP contribution in [0.2, 0.25) is 4.47 Å². The molecule has 0 fully saturated rings. The van der Waals surface area contributed by atoms with Gasteiger partial charge >= 0.3 is 24.6 Å². The minimum Gasteiger partial charge on any atom is -0.426 e. The number of halogens is 10. The van der Waals surface area contributed by atoms with E-state index in [2.05, 4.69) is 9.72 Å². The highest BCUT2D eigenvalue weighted by Gasteiger charge is 2.60. The molecular weight excluding hydrogens is 395 g/mol. The summed E-state index contributed by atoms with van der Waals surface area (Å²) in [7, 11) is 0. The molecule has 0 atom stereocenters. The third-order valence-electron chi connectivity index (χ3n) is 1.90. The van der Waals surface area contributed by atoms with Crippen molar-refractivity contribution in [1.29, 1.82) is 0 Å². The molecule has 0 aromatic carbocycles. The zero-order chi connectivity index (χ0) is 18.2. The highest BCUT2D eigenvalue weighted by Crippen LogP contribution is 2.40. The quantitative estimate of drug-likeness (QED) is 0.727. The molecule has 1 aromatic heterocycles. The van der Waals surface area contributed by atoms with E-state index in [1.165, 1.54) is 0 Å². The predicted octanol–water partition coefficient (Wildman–Crippen LogP) is 4.86. The molecular formula is C8H2ClF9N2O2S. The van der Waals surface area contributed by atoms with Crippen LogP contribution < -0.4 is 5.32 Å². The Labute approximate surface area is 129 Å². The highest BCUT2D eigenvalue weighted by atomic mass is 35.5. The van der Waals surface area contributed by atoms with E-state index in [4.69, 9.17) is 11.6 Å². The number of thiazole rings is 1. The van der Waals surface area contributed by atoms with E-state index in [0.29, 0.717) is 0 Å². The molecule has 0 bridgehead atoms. The summed E-state index contributed by atoms with van der Waals surface area (Å²) in [5.41, 5.74) is -1.79. The van der Waals surface area contributed by atoms with E-state index in [9.17, 15) is 44.3 Å². The van der Waals surface area contributed by atoms with E-state index in [-0.39, 0.29) is 11.3 Å². The third kappa shape index (κ3) is 5.30. The maximum Gasteiger partial charge on any atom is 0.436 e. The van der Waals surface area contributed by atoms with Crippen LogP contribution in [0.1, 0.15) is 5.69 Å². The number of ether oxygens (including phenoxy) is 1. The van der Waals surface area contributed by atoms with Crippen molar-refractivity contribution < 1.29 is 49.0 Å². The zero-order valence-corrected chi connectivity index (χ0v) is 11.6. The van der Waals surface area contributed by atoms with Crippen molar-refractivity contribution >= 4 is 34.0 Å². The maximum absolute atomic E-state index is 12.5. The first-order valence-corrected chi connectivity index (χ1v) is 6.16. The van der Waals surface area contributed by atoms with E-state index in [1.807, 2.05) is 0 Å². The van der Waals surface area contributed by atoms with Gasteiger partial charge in [-0.05, 0) is 0 Å². The number of alkyl halides is 9. The molecule has 0 aliphatic carbocycles. The summed E-state index contributed by atoms with van der Waals surface area (Å²) in [5.74, 6) is 0. The molecule has 4 nitrogen and oxygen atoms in total. The van der Waals surface area contributed by atoms with E-state index < -0.39 is 45.9 Å². The van der Waals surface area contributed by atoms with Crippen LogP contribution in [0.4, 0.5) is 49.3 Å². The fraction of sp³-hybridized carbons (Fsp3) is 0.500. The van der Waals surface area contributed by atoms with Gasteiger partial charge in [-0.25, -0.2) is 9.78 Å². The number of amides is 1. The summed E-state index contributed by atoms with van der Waals surface area (Å²) in [5, 5.41) is -0.109. The van der Waals surface area contributed by atoms with Crippen LogP contribution in [0, 0.1) is 0 Å². The summed E-state index contributed by atoms with van der Waals surface area (Å²) >= 11 is 5.13. The van der Waals surface area contributed by atoms with Crippen molar-refractivity contribution in [1.82, 2.24) is 4.98 Å². The highest BCUT2D eigenvalue weighted by molar-refractivity contribution is 7.19. The second-order valence-corrected chi connectivity index (χ2v) is 5.22. The number of aromatic nitrogens is 1. The van der Waals surface area contributed by atoms with Crippen LogP contribution in [0.15, 0.2) is 0 Å². The van der Waals surface area contributed by atoms with Crippen LogP contribution >= 0.6 is 22.9 Å². The van der Waals surface area contributed by atoms with E-state index >= 15 is 0 Å². The van der Waals surface area contributed by atoms with Gasteiger partial charge in [-0.1, -0.05) is 22.9 Å². The normalized spacial score (nSPS) is 13.3. The average molecular weight is 397 g/mol. The SMILES string of the molecule is O=C(Nc1sc(Cl)nc1C(F)(F)F)OC(C(F)(F)F)C(F)(F)F. The Morgan fingerprint density at radius 3 is 1.96 bits per heavy atom. The van der Waals surface area contributed by atoms with Gasteiger partial charge in [0.1, 0.15) is 5.00 Å². The molecule has 0 saturated heterocycles. The standard InChI is InChI=1S/C8H2ClF9N2O2S/c9-4-19-1(6(10,11)12)2(23-4)20-5(21)22-3(7(13,14)15)8(16,17)18/h3H,(H,20,21). The van der Waals surface area contributed by atoms with Crippen LogP contribution in [0.5, 0.6) is 0 Å². The number of hydrogen-bond donors (Lipinski definition) is 1. The molecule has 0 unspecified atom stereocenters. The third-order valence-corrected chi connectivity index (χ3v) is 2.98. The summed E-state index contributed by atoms with van der Waals surface area (Å²) < 4.78 is 113. The van der Waals surface area contributed by atoms with Gasteiger partial charge in [0.05, 0.1) is 0 Å². The first-order valence-electron chi connectivity index (χ1n) is 4.97. The Hall–Kier alpha value is -1.44. The lowest BCUT2D eigenvalue weighted by Crippen LogP contribution is -2.46. The number of anilines is 1. The Morgan fingerprint density at radius 2 is 1.57 bits per heavy atom. The molecule has 23 heavy (non-hydrogen) atoms. The molecule has 0 aliphatic heterocycles. The number of carbonyl (C=O) groups excluding carboxylic acids is 1. The fourth-order valence-electron chi connectivity index (χ4n) is 1.12. The summed E-state index contributed by atoms with van der Waals surface area (Å²) in [6, 6.07) is 0. The number of nitrogens with zero attached hydrogens (tertiary/aromatic N) is 1. The molecule has 1 N–H and O–H groups in total. The molecule has 0 saturated carbocycles. The average Bonchev–Trinajstić information content (AvgIpc) is 2.64. The Morgan fingerprint density at radius 1 is 1.09 bits per heavy atom. The Balaban J connectivity index is 2.97. The number of hydrogen-bond acceptors (Lipinski definition) is 4. The van der Waals surface area contributed by atoms with Gasteiger partial charge in [0.25, 0.3) is 6.10 Å². The molecule has 1 amide bonds. The van der Waals surface area contributed by atoms with Crippen LogP contribution in [0.25, 0.3) is 0 Å².